The molecule has 0 radical (unpaired) electrons. The zero-order chi connectivity index (χ0) is 16.1. The fourth-order valence-electron chi connectivity index (χ4n) is 3.08. The fourth-order valence-corrected chi connectivity index (χ4v) is 3.08. The van der Waals surface area contributed by atoms with E-state index in [1.807, 2.05) is 32.1 Å². The summed E-state index contributed by atoms with van der Waals surface area (Å²) in [6, 6.07) is 2.23. The van der Waals surface area contributed by atoms with Gasteiger partial charge in [0, 0.05) is 0 Å². The van der Waals surface area contributed by atoms with Crippen LogP contribution in [0.15, 0.2) is 36.4 Å². The van der Waals surface area contributed by atoms with Crippen molar-refractivity contribution < 1.29 is 4.39 Å². The molecule has 1 aliphatic rings. The van der Waals surface area contributed by atoms with Crippen molar-refractivity contribution in [3.8, 4) is 0 Å². The van der Waals surface area contributed by atoms with E-state index in [0.717, 1.165) is 53.5 Å². The molecule has 0 saturated heterocycles. The van der Waals surface area contributed by atoms with Crippen molar-refractivity contribution in [3.05, 3.63) is 64.5 Å². The Balaban J connectivity index is 2.69. The van der Waals surface area contributed by atoms with Crippen molar-refractivity contribution in [2.45, 2.75) is 59.3 Å². The zero-order valence-electron chi connectivity index (χ0n) is 14.2. The van der Waals surface area contributed by atoms with Gasteiger partial charge in [-0.05, 0) is 73.3 Å². The quantitative estimate of drug-likeness (QED) is 0.536. The summed E-state index contributed by atoms with van der Waals surface area (Å²) in [6.07, 6.45) is 14.1. The van der Waals surface area contributed by atoms with Gasteiger partial charge >= 0.3 is 0 Å². The van der Waals surface area contributed by atoms with Crippen LogP contribution in [0.25, 0.3) is 5.57 Å². The molecule has 0 atom stereocenters. The van der Waals surface area contributed by atoms with Gasteiger partial charge in [-0.1, -0.05) is 50.3 Å². The van der Waals surface area contributed by atoms with Gasteiger partial charge in [0.05, 0.1) is 0 Å². The van der Waals surface area contributed by atoms with E-state index in [-0.39, 0.29) is 5.82 Å². The van der Waals surface area contributed by atoms with Crippen LogP contribution in [0.5, 0.6) is 0 Å². The van der Waals surface area contributed by atoms with Gasteiger partial charge in [-0.3, -0.25) is 0 Å². The lowest BCUT2D eigenvalue weighted by Crippen LogP contribution is -2.05. The third-order valence-corrected chi connectivity index (χ3v) is 4.34. The minimum atomic E-state index is 0.0511. The third kappa shape index (κ3) is 3.40. The molecule has 1 saturated carbocycles. The molecule has 0 aromatic heterocycles. The predicted octanol–water partition coefficient (Wildman–Crippen LogP) is 6.36. The summed E-state index contributed by atoms with van der Waals surface area (Å²) >= 11 is 0. The highest BCUT2D eigenvalue weighted by molar-refractivity contribution is 5.78. The topological polar surface area (TPSA) is 0 Å². The highest BCUT2D eigenvalue weighted by Gasteiger charge is 2.31. The summed E-state index contributed by atoms with van der Waals surface area (Å²) in [7, 11) is 0. The predicted molar refractivity (Wildman–Crippen MR) is 94.7 cm³/mol. The first-order valence-corrected chi connectivity index (χ1v) is 8.47. The van der Waals surface area contributed by atoms with E-state index in [2.05, 4.69) is 32.1 Å². The van der Waals surface area contributed by atoms with Crippen molar-refractivity contribution in [2.75, 3.05) is 0 Å². The van der Waals surface area contributed by atoms with Gasteiger partial charge in [0.15, 0.2) is 0 Å². The standard InChI is InChI=1S/C21H27F/c1-5-9-11-16(10-6-2)19-14-15(7-3)18(8-4)21(22)20(19)17-12-13-17/h5-6,9-11,14,17H,7-8,12-13H2,1-4H3/b9-5+,10-6-,16-11+. The number of allylic oxidation sites excluding steroid dienone is 6. The monoisotopic (exact) mass is 298 g/mol. The molecule has 0 N–H and O–H groups in total. The Kier molecular flexibility index (Phi) is 5.76. The van der Waals surface area contributed by atoms with Crippen molar-refractivity contribution in [1.82, 2.24) is 0 Å². The van der Waals surface area contributed by atoms with Gasteiger partial charge < -0.3 is 0 Å². The van der Waals surface area contributed by atoms with Crippen LogP contribution in [0.3, 0.4) is 0 Å². The summed E-state index contributed by atoms with van der Waals surface area (Å²) in [5.74, 6) is 0.459. The van der Waals surface area contributed by atoms with Crippen molar-refractivity contribution in [1.29, 1.82) is 0 Å². The molecule has 22 heavy (non-hydrogen) atoms. The van der Waals surface area contributed by atoms with Gasteiger partial charge in [0.1, 0.15) is 5.82 Å². The Morgan fingerprint density at radius 3 is 2.41 bits per heavy atom. The summed E-state index contributed by atoms with van der Waals surface area (Å²) in [5.41, 5.74) is 5.21. The van der Waals surface area contributed by atoms with E-state index < -0.39 is 0 Å². The SMILES string of the molecule is C\C=C/C(=C\C=C\C)c1cc(CC)c(CC)c(F)c1C1CC1. The van der Waals surface area contributed by atoms with Crippen LogP contribution in [0.1, 0.15) is 68.7 Å². The van der Waals surface area contributed by atoms with Crippen LogP contribution >= 0.6 is 0 Å². The molecule has 0 bridgehead atoms. The molecule has 1 heteroatoms. The van der Waals surface area contributed by atoms with Crippen LogP contribution in [0, 0.1) is 5.82 Å². The minimum Gasteiger partial charge on any atom is -0.206 e. The Bertz CT molecular complexity index is 613. The Morgan fingerprint density at radius 2 is 1.91 bits per heavy atom. The lowest BCUT2D eigenvalue weighted by atomic mass is 9.88. The van der Waals surface area contributed by atoms with E-state index in [1.54, 1.807) is 0 Å². The maximum absolute atomic E-state index is 15.1. The fraction of sp³-hybridized carbons (Fsp3) is 0.429. The molecule has 0 amide bonds. The second kappa shape index (κ2) is 7.58. The average Bonchev–Trinajstić information content (AvgIpc) is 3.35. The Hall–Kier alpha value is -1.63. The molecular formula is C21H27F. The molecule has 0 nitrogen and oxygen atoms in total. The van der Waals surface area contributed by atoms with E-state index in [9.17, 15) is 0 Å². The molecule has 2 rings (SSSR count). The van der Waals surface area contributed by atoms with Crippen molar-refractivity contribution >= 4 is 5.57 Å². The lowest BCUT2D eigenvalue weighted by Gasteiger charge is -2.18. The van der Waals surface area contributed by atoms with Gasteiger partial charge in [0.25, 0.3) is 0 Å². The number of hydrogen-bond acceptors (Lipinski definition) is 0. The molecule has 1 aliphatic carbocycles. The highest BCUT2D eigenvalue weighted by atomic mass is 19.1. The van der Waals surface area contributed by atoms with Crippen molar-refractivity contribution in [3.63, 3.8) is 0 Å². The second-order valence-electron chi connectivity index (χ2n) is 5.92. The average molecular weight is 298 g/mol. The molecule has 0 aliphatic heterocycles. The summed E-state index contributed by atoms with van der Waals surface area (Å²) < 4.78 is 15.1. The molecule has 0 unspecified atom stereocenters. The molecule has 118 valence electrons. The number of benzene rings is 1. The summed E-state index contributed by atoms with van der Waals surface area (Å²) in [6.45, 7) is 8.18. The second-order valence-corrected chi connectivity index (χ2v) is 5.92. The number of hydrogen-bond donors (Lipinski definition) is 0. The van der Waals surface area contributed by atoms with Crippen LogP contribution < -0.4 is 0 Å². The third-order valence-electron chi connectivity index (χ3n) is 4.34. The maximum Gasteiger partial charge on any atom is 0.130 e. The summed E-state index contributed by atoms with van der Waals surface area (Å²) in [5, 5.41) is 0. The molecular weight excluding hydrogens is 271 g/mol. The molecule has 0 spiro atoms. The van der Waals surface area contributed by atoms with Crippen molar-refractivity contribution in [2.24, 2.45) is 0 Å². The van der Waals surface area contributed by atoms with Crippen LogP contribution in [0.4, 0.5) is 4.39 Å². The zero-order valence-corrected chi connectivity index (χ0v) is 14.2. The van der Waals surface area contributed by atoms with Gasteiger partial charge in [-0.15, -0.1) is 0 Å². The number of halogens is 1. The smallest absolute Gasteiger partial charge is 0.130 e. The van der Waals surface area contributed by atoms with E-state index in [0.29, 0.717) is 5.92 Å². The highest BCUT2D eigenvalue weighted by Crippen LogP contribution is 2.46. The number of aryl methyl sites for hydroxylation is 1. The Labute approximate surface area is 134 Å². The number of rotatable bonds is 6. The Morgan fingerprint density at radius 1 is 1.18 bits per heavy atom. The summed E-state index contributed by atoms with van der Waals surface area (Å²) in [4.78, 5) is 0. The van der Waals surface area contributed by atoms with Crippen LogP contribution in [-0.4, -0.2) is 0 Å². The lowest BCUT2D eigenvalue weighted by molar-refractivity contribution is 0.591. The minimum absolute atomic E-state index is 0.0511. The van der Waals surface area contributed by atoms with Crippen LogP contribution in [-0.2, 0) is 12.8 Å². The first-order valence-electron chi connectivity index (χ1n) is 8.47. The first kappa shape index (κ1) is 16.7. The molecule has 1 fully saturated rings. The normalized spacial score (nSPS) is 16.1. The maximum atomic E-state index is 15.1. The largest absolute Gasteiger partial charge is 0.206 e. The van der Waals surface area contributed by atoms with Crippen LogP contribution in [0.2, 0.25) is 0 Å². The van der Waals surface area contributed by atoms with E-state index >= 15 is 4.39 Å². The van der Waals surface area contributed by atoms with Gasteiger partial charge in [-0.2, -0.15) is 0 Å². The van der Waals surface area contributed by atoms with E-state index in [1.165, 1.54) is 0 Å². The first-order chi connectivity index (χ1) is 10.7. The van der Waals surface area contributed by atoms with E-state index in [4.69, 9.17) is 0 Å². The molecule has 1 aromatic carbocycles. The molecule has 0 heterocycles. The van der Waals surface area contributed by atoms with Gasteiger partial charge in [-0.25, -0.2) is 4.39 Å². The molecule has 1 aromatic rings. The van der Waals surface area contributed by atoms with Gasteiger partial charge in [0.2, 0.25) is 0 Å².